The number of anilines is 1. The lowest BCUT2D eigenvalue weighted by Crippen LogP contribution is -2.15. The van der Waals surface area contributed by atoms with Crippen molar-refractivity contribution in [3.63, 3.8) is 0 Å². The van der Waals surface area contributed by atoms with Crippen molar-refractivity contribution in [2.24, 2.45) is 0 Å². The summed E-state index contributed by atoms with van der Waals surface area (Å²) in [4.78, 5) is 23.9. The highest BCUT2D eigenvalue weighted by molar-refractivity contribution is 6.42. The molecule has 1 aromatic heterocycles. The first-order chi connectivity index (χ1) is 14.3. The zero-order chi connectivity index (χ0) is 21.8. The van der Waals surface area contributed by atoms with Gasteiger partial charge in [-0.2, -0.15) is 0 Å². The summed E-state index contributed by atoms with van der Waals surface area (Å²) in [6.07, 6.45) is 0.488. The van der Waals surface area contributed by atoms with E-state index in [9.17, 15) is 14.7 Å². The number of halogens is 2. The number of hydrogen-bond acceptors (Lipinski definition) is 4. The molecule has 3 rings (SSSR count). The molecule has 9 heteroatoms. The van der Waals surface area contributed by atoms with Crippen molar-refractivity contribution in [2.75, 3.05) is 5.32 Å². The number of nitrogens with zero attached hydrogens (tertiary/aromatic N) is 3. The predicted molar refractivity (Wildman–Crippen MR) is 115 cm³/mol. The van der Waals surface area contributed by atoms with Gasteiger partial charge in [-0.25, -0.2) is 4.68 Å². The minimum Gasteiger partial charge on any atom is -0.481 e. The molecule has 0 spiro atoms. The number of rotatable bonds is 7. The Bertz CT molecular complexity index is 1080. The smallest absolute Gasteiger partial charge is 0.310 e. The maximum Gasteiger partial charge on any atom is 0.310 e. The van der Waals surface area contributed by atoms with E-state index in [2.05, 4.69) is 15.6 Å². The van der Waals surface area contributed by atoms with E-state index >= 15 is 0 Å². The Hall–Kier alpha value is -2.90. The summed E-state index contributed by atoms with van der Waals surface area (Å²) in [5.41, 5.74) is 2.92. The maximum absolute atomic E-state index is 12.6. The van der Waals surface area contributed by atoms with E-state index in [1.54, 1.807) is 48.0 Å². The van der Waals surface area contributed by atoms with Gasteiger partial charge < -0.3 is 10.4 Å². The number of hydrogen-bond donors (Lipinski definition) is 2. The molecule has 0 radical (unpaired) electrons. The molecule has 2 aromatic carbocycles. The van der Waals surface area contributed by atoms with Gasteiger partial charge in [-0.05, 0) is 48.7 Å². The average Bonchev–Trinajstić information content (AvgIpc) is 3.07. The summed E-state index contributed by atoms with van der Waals surface area (Å²) in [6, 6.07) is 12.0. The van der Waals surface area contributed by atoms with Crippen LogP contribution < -0.4 is 5.32 Å². The highest BCUT2D eigenvalue weighted by Crippen LogP contribution is 2.24. The lowest BCUT2D eigenvalue weighted by Gasteiger charge is -2.11. The molecule has 0 aliphatic carbocycles. The van der Waals surface area contributed by atoms with E-state index < -0.39 is 17.8 Å². The van der Waals surface area contributed by atoms with Crippen molar-refractivity contribution in [3.8, 4) is 0 Å². The fraction of sp³-hybridized carbons (Fsp3) is 0.238. The van der Waals surface area contributed by atoms with Crippen LogP contribution in [0.2, 0.25) is 10.0 Å². The topological polar surface area (TPSA) is 97.1 Å². The van der Waals surface area contributed by atoms with Gasteiger partial charge in [0.05, 0.1) is 28.2 Å². The Kier molecular flexibility index (Phi) is 6.74. The first kappa shape index (κ1) is 21.8. The van der Waals surface area contributed by atoms with Crippen molar-refractivity contribution >= 4 is 40.8 Å². The Morgan fingerprint density at radius 3 is 2.43 bits per heavy atom. The van der Waals surface area contributed by atoms with Gasteiger partial charge >= 0.3 is 5.97 Å². The fourth-order valence-corrected chi connectivity index (χ4v) is 3.39. The van der Waals surface area contributed by atoms with Gasteiger partial charge in [0.25, 0.3) is 5.91 Å². The first-order valence-corrected chi connectivity index (χ1v) is 10.0. The van der Waals surface area contributed by atoms with Crippen LogP contribution >= 0.6 is 23.2 Å². The number of aliphatic carboxylic acids is 1. The quantitative estimate of drug-likeness (QED) is 0.544. The second-order valence-corrected chi connectivity index (χ2v) is 7.62. The highest BCUT2D eigenvalue weighted by Gasteiger charge is 2.19. The third-order valence-electron chi connectivity index (χ3n) is 4.79. The standard InChI is InChI=1S/C21H20Cl2N4O3/c1-3-16(21(29)30)14-5-7-15(8-6-14)24-20(28)19-12(2)27(26-25-19)11-13-4-9-17(22)18(23)10-13/h4-10,16H,3,11H2,1-2H3,(H,24,28)(H,29,30). The summed E-state index contributed by atoms with van der Waals surface area (Å²) < 4.78 is 1.61. The van der Waals surface area contributed by atoms with Crippen molar-refractivity contribution in [3.05, 3.63) is 75.0 Å². The maximum atomic E-state index is 12.6. The zero-order valence-corrected chi connectivity index (χ0v) is 17.9. The third-order valence-corrected chi connectivity index (χ3v) is 5.53. The molecule has 2 N–H and O–H groups in total. The molecular weight excluding hydrogens is 427 g/mol. The van der Waals surface area contributed by atoms with Crippen molar-refractivity contribution in [1.82, 2.24) is 15.0 Å². The van der Waals surface area contributed by atoms with Crippen LogP contribution in [-0.4, -0.2) is 32.0 Å². The van der Waals surface area contributed by atoms with Gasteiger partial charge in [-0.1, -0.05) is 53.5 Å². The summed E-state index contributed by atoms with van der Waals surface area (Å²) >= 11 is 12.0. The Labute approximate surface area is 183 Å². The predicted octanol–water partition coefficient (Wildman–Crippen LogP) is 4.77. The molecule has 0 saturated carbocycles. The number of benzene rings is 2. The molecule has 156 valence electrons. The molecule has 3 aromatic rings. The van der Waals surface area contributed by atoms with Crippen LogP contribution in [0.5, 0.6) is 0 Å². The number of aromatic nitrogens is 3. The molecule has 7 nitrogen and oxygen atoms in total. The summed E-state index contributed by atoms with van der Waals surface area (Å²) in [6.45, 7) is 3.97. The van der Waals surface area contributed by atoms with Crippen LogP contribution in [0.1, 0.15) is 46.6 Å². The van der Waals surface area contributed by atoms with E-state index in [0.29, 0.717) is 40.0 Å². The second-order valence-electron chi connectivity index (χ2n) is 6.80. The Balaban J connectivity index is 1.72. The summed E-state index contributed by atoms with van der Waals surface area (Å²) in [5, 5.41) is 21.0. The van der Waals surface area contributed by atoms with Gasteiger partial charge in [0.2, 0.25) is 0 Å². The van der Waals surface area contributed by atoms with Gasteiger partial charge in [-0.3, -0.25) is 9.59 Å². The van der Waals surface area contributed by atoms with E-state index in [0.717, 1.165) is 5.56 Å². The fourth-order valence-electron chi connectivity index (χ4n) is 3.07. The molecule has 1 unspecified atom stereocenters. The number of carboxylic acid groups (broad SMARTS) is 1. The van der Waals surface area contributed by atoms with Crippen LogP contribution in [0.25, 0.3) is 0 Å². The van der Waals surface area contributed by atoms with Crippen LogP contribution in [-0.2, 0) is 11.3 Å². The van der Waals surface area contributed by atoms with Crippen LogP contribution in [0.3, 0.4) is 0 Å². The van der Waals surface area contributed by atoms with E-state index in [-0.39, 0.29) is 5.69 Å². The number of carboxylic acids is 1. The molecule has 0 aliphatic rings. The van der Waals surface area contributed by atoms with Gasteiger partial charge in [0.1, 0.15) is 0 Å². The number of carbonyl (C=O) groups excluding carboxylic acids is 1. The SMILES string of the molecule is CCC(C(=O)O)c1ccc(NC(=O)c2nnn(Cc3ccc(Cl)c(Cl)c3)c2C)cc1. The van der Waals surface area contributed by atoms with Gasteiger partial charge in [0.15, 0.2) is 5.69 Å². The number of amides is 1. The summed E-state index contributed by atoms with van der Waals surface area (Å²) in [7, 11) is 0. The molecule has 30 heavy (non-hydrogen) atoms. The number of nitrogens with one attached hydrogen (secondary N) is 1. The molecule has 0 saturated heterocycles. The summed E-state index contributed by atoms with van der Waals surface area (Å²) in [5.74, 6) is -1.84. The first-order valence-electron chi connectivity index (χ1n) is 9.28. The monoisotopic (exact) mass is 446 g/mol. The normalized spacial score (nSPS) is 11.9. The molecule has 1 atom stereocenters. The largest absolute Gasteiger partial charge is 0.481 e. The lowest BCUT2D eigenvalue weighted by atomic mass is 9.96. The van der Waals surface area contributed by atoms with Crippen LogP contribution in [0.4, 0.5) is 5.69 Å². The Morgan fingerprint density at radius 1 is 1.13 bits per heavy atom. The molecule has 1 amide bonds. The van der Waals surface area contributed by atoms with E-state index in [1.165, 1.54) is 0 Å². The van der Waals surface area contributed by atoms with Crippen molar-refractivity contribution < 1.29 is 14.7 Å². The molecule has 0 fully saturated rings. The minimum absolute atomic E-state index is 0.205. The number of carbonyl (C=O) groups is 2. The molecule has 0 bridgehead atoms. The highest BCUT2D eigenvalue weighted by atomic mass is 35.5. The average molecular weight is 447 g/mol. The third kappa shape index (κ3) is 4.80. The van der Waals surface area contributed by atoms with Crippen molar-refractivity contribution in [1.29, 1.82) is 0 Å². The van der Waals surface area contributed by atoms with Crippen LogP contribution in [0.15, 0.2) is 42.5 Å². The lowest BCUT2D eigenvalue weighted by molar-refractivity contribution is -0.138. The van der Waals surface area contributed by atoms with E-state index in [1.807, 2.05) is 13.0 Å². The zero-order valence-electron chi connectivity index (χ0n) is 16.4. The molecular formula is C21H20Cl2N4O3. The Morgan fingerprint density at radius 2 is 1.83 bits per heavy atom. The van der Waals surface area contributed by atoms with E-state index in [4.69, 9.17) is 23.2 Å². The van der Waals surface area contributed by atoms with Gasteiger partial charge in [-0.15, -0.1) is 5.10 Å². The minimum atomic E-state index is -0.872. The van der Waals surface area contributed by atoms with Gasteiger partial charge in [0, 0.05) is 5.69 Å². The molecule has 1 heterocycles. The van der Waals surface area contributed by atoms with Crippen molar-refractivity contribution in [2.45, 2.75) is 32.7 Å². The van der Waals surface area contributed by atoms with Crippen LogP contribution in [0, 0.1) is 6.92 Å². The molecule has 0 aliphatic heterocycles. The second kappa shape index (κ2) is 9.28.